The van der Waals surface area contributed by atoms with Crippen LogP contribution < -0.4 is 10.6 Å². The lowest BCUT2D eigenvalue weighted by atomic mass is 10.2. The van der Waals surface area contributed by atoms with Gasteiger partial charge in [0.25, 0.3) is 0 Å². The van der Waals surface area contributed by atoms with Crippen molar-refractivity contribution in [2.75, 3.05) is 13.1 Å². The quantitative estimate of drug-likeness (QED) is 0.391. The van der Waals surface area contributed by atoms with Gasteiger partial charge in [-0.2, -0.15) is 0 Å². The van der Waals surface area contributed by atoms with E-state index in [1.165, 1.54) is 0 Å². The van der Waals surface area contributed by atoms with E-state index in [0.717, 1.165) is 0 Å². The first-order valence-electron chi connectivity index (χ1n) is 4.45. The maximum absolute atomic E-state index is 11.1. The molecule has 0 aliphatic heterocycles. The van der Waals surface area contributed by atoms with Gasteiger partial charge < -0.3 is 15.7 Å². The standard InChI is InChI=1S/C9H16N2O3/c1-3-5-10-6-8(12)11-7(4-2)9(13)14/h3,7,10H,1,4-6H2,2H3,(H,11,12)(H,13,14)/t7-/m0/s1. The average Bonchev–Trinajstić information content (AvgIpc) is 2.14. The van der Waals surface area contributed by atoms with Gasteiger partial charge in [-0.15, -0.1) is 6.58 Å². The van der Waals surface area contributed by atoms with Crippen molar-refractivity contribution in [3.8, 4) is 0 Å². The second kappa shape index (κ2) is 7.08. The van der Waals surface area contributed by atoms with Crippen LogP contribution in [0.4, 0.5) is 0 Å². The molecule has 0 heterocycles. The number of nitrogens with one attached hydrogen (secondary N) is 2. The van der Waals surface area contributed by atoms with Crippen LogP contribution in [0.5, 0.6) is 0 Å². The van der Waals surface area contributed by atoms with Crippen LogP contribution in [0.3, 0.4) is 0 Å². The van der Waals surface area contributed by atoms with Gasteiger partial charge in [0.2, 0.25) is 5.91 Å². The van der Waals surface area contributed by atoms with E-state index in [1.54, 1.807) is 13.0 Å². The Morgan fingerprint density at radius 3 is 2.64 bits per heavy atom. The zero-order chi connectivity index (χ0) is 11.0. The van der Waals surface area contributed by atoms with E-state index in [0.29, 0.717) is 13.0 Å². The number of aliphatic carboxylic acids is 1. The molecule has 0 fully saturated rings. The SMILES string of the molecule is C=CCNCC(=O)N[C@@H](CC)C(=O)O. The average molecular weight is 200 g/mol. The van der Waals surface area contributed by atoms with Crippen molar-refractivity contribution in [2.45, 2.75) is 19.4 Å². The highest BCUT2D eigenvalue weighted by Crippen LogP contribution is 1.89. The molecule has 0 radical (unpaired) electrons. The number of carbonyl (C=O) groups is 2. The summed E-state index contributed by atoms with van der Waals surface area (Å²) < 4.78 is 0. The minimum atomic E-state index is -1.01. The number of amides is 1. The second-order valence-corrected chi connectivity index (χ2v) is 2.79. The molecule has 0 rings (SSSR count). The lowest BCUT2D eigenvalue weighted by molar-refractivity contribution is -0.141. The zero-order valence-electron chi connectivity index (χ0n) is 8.25. The molecular formula is C9H16N2O3. The molecule has 0 unspecified atom stereocenters. The summed E-state index contributed by atoms with van der Waals surface area (Å²) in [6, 6.07) is -0.798. The van der Waals surface area contributed by atoms with E-state index in [-0.39, 0.29) is 12.5 Å². The van der Waals surface area contributed by atoms with E-state index in [9.17, 15) is 9.59 Å². The maximum Gasteiger partial charge on any atom is 0.326 e. The fourth-order valence-electron chi connectivity index (χ4n) is 0.872. The van der Waals surface area contributed by atoms with Crippen LogP contribution >= 0.6 is 0 Å². The Kier molecular flexibility index (Phi) is 6.39. The van der Waals surface area contributed by atoms with Crippen LogP contribution in [0, 0.1) is 0 Å². The van der Waals surface area contributed by atoms with E-state index < -0.39 is 12.0 Å². The van der Waals surface area contributed by atoms with Crippen molar-refractivity contribution in [3.05, 3.63) is 12.7 Å². The Bertz CT molecular complexity index is 216. The number of carboxylic acid groups (broad SMARTS) is 1. The third-order valence-corrected chi connectivity index (χ3v) is 1.62. The minimum absolute atomic E-state index is 0.107. The largest absolute Gasteiger partial charge is 0.480 e. The van der Waals surface area contributed by atoms with E-state index >= 15 is 0 Å². The summed E-state index contributed by atoms with van der Waals surface area (Å²) in [6.07, 6.45) is 2.00. The summed E-state index contributed by atoms with van der Waals surface area (Å²) >= 11 is 0. The highest BCUT2D eigenvalue weighted by atomic mass is 16.4. The Morgan fingerprint density at radius 2 is 2.21 bits per heavy atom. The first-order valence-corrected chi connectivity index (χ1v) is 4.45. The Balaban J connectivity index is 3.79. The first kappa shape index (κ1) is 12.6. The number of hydrogen-bond donors (Lipinski definition) is 3. The van der Waals surface area contributed by atoms with Gasteiger partial charge in [-0.3, -0.25) is 4.79 Å². The van der Waals surface area contributed by atoms with Crippen molar-refractivity contribution in [3.63, 3.8) is 0 Å². The Morgan fingerprint density at radius 1 is 1.57 bits per heavy atom. The van der Waals surface area contributed by atoms with Crippen molar-refractivity contribution < 1.29 is 14.7 Å². The van der Waals surface area contributed by atoms with Crippen molar-refractivity contribution in [1.82, 2.24) is 10.6 Å². The molecule has 0 saturated heterocycles. The summed E-state index contributed by atoms with van der Waals surface area (Å²) in [7, 11) is 0. The molecule has 0 spiro atoms. The van der Waals surface area contributed by atoms with Crippen molar-refractivity contribution in [1.29, 1.82) is 0 Å². The molecule has 80 valence electrons. The normalized spacial score (nSPS) is 11.8. The summed E-state index contributed by atoms with van der Waals surface area (Å²) in [6.45, 7) is 5.81. The molecule has 3 N–H and O–H groups in total. The first-order chi connectivity index (χ1) is 6.61. The fraction of sp³-hybridized carbons (Fsp3) is 0.556. The third kappa shape index (κ3) is 5.31. The summed E-state index contributed by atoms with van der Waals surface area (Å²) in [5.41, 5.74) is 0. The van der Waals surface area contributed by atoms with Crippen LogP contribution in [0.15, 0.2) is 12.7 Å². The van der Waals surface area contributed by atoms with E-state index in [2.05, 4.69) is 17.2 Å². The molecular weight excluding hydrogens is 184 g/mol. The number of carbonyl (C=O) groups excluding carboxylic acids is 1. The third-order valence-electron chi connectivity index (χ3n) is 1.62. The van der Waals surface area contributed by atoms with Crippen LogP contribution in [-0.4, -0.2) is 36.1 Å². The molecule has 0 aromatic heterocycles. The predicted octanol–water partition coefficient (Wildman–Crippen LogP) is -0.259. The van der Waals surface area contributed by atoms with Gasteiger partial charge in [0, 0.05) is 6.54 Å². The van der Waals surface area contributed by atoms with Crippen molar-refractivity contribution >= 4 is 11.9 Å². The molecule has 0 aromatic rings. The molecule has 5 nitrogen and oxygen atoms in total. The van der Waals surface area contributed by atoms with Crippen LogP contribution in [0.2, 0.25) is 0 Å². The summed E-state index contributed by atoms with van der Waals surface area (Å²) in [5, 5.41) is 13.8. The number of hydrogen-bond acceptors (Lipinski definition) is 3. The topological polar surface area (TPSA) is 78.4 Å². The highest BCUT2D eigenvalue weighted by Gasteiger charge is 2.16. The summed E-state index contributed by atoms with van der Waals surface area (Å²) in [5.74, 6) is -1.33. The molecule has 1 amide bonds. The Labute approximate surface area is 83.2 Å². The fourth-order valence-corrected chi connectivity index (χ4v) is 0.872. The van der Waals surface area contributed by atoms with Gasteiger partial charge in [0.05, 0.1) is 6.54 Å². The van der Waals surface area contributed by atoms with E-state index in [1.807, 2.05) is 0 Å². The molecule has 1 atom stereocenters. The molecule has 5 heteroatoms. The van der Waals surface area contributed by atoms with Gasteiger partial charge >= 0.3 is 5.97 Å². The van der Waals surface area contributed by atoms with Gasteiger partial charge in [-0.25, -0.2) is 4.79 Å². The minimum Gasteiger partial charge on any atom is -0.480 e. The van der Waals surface area contributed by atoms with Crippen LogP contribution in [0.25, 0.3) is 0 Å². The van der Waals surface area contributed by atoms with Crippen LogP contribution in [-0.2, 0) is 9.59 Å². The van der Waals surface area contributed by atoms with Crippen molar-refractivity contribution in [2.24, 2.45) is 0 Å². The van der Waals surface area contributed by atoms with Gasteiger partial charge in [-0.05, 0) is 6.42 Å². The van der Waals surface area contributed by atoms with E-state index in [4.69, 9.17) is 5.11 Å². The molecule has 0 aromatic carbocycles. The molecule has 14 heavy (non-hydrogen) atoms. The number of rotatable bonds is 7. The number of carboxylic acids is 1. The van der Waals surface area contributed by atoms with Gasteiger partial charge in [0.1, 0.15) is 6.04 Å². The molecule has 0 aliphatic carbocycles. The lowest BCUT2D eigenvalue weighted by Gasteiger charge is -2.11. The second-order valence-electron chi connectivity index (χ2n) is 2.79. The highest BCUT2D eigenvalue weighted by molar-refractivity contribution is 5.84. The predicted molar refractivity (Wildman–Crippen MR) is 52.9 cm³/mol. The summed E-state index contributed by atoms with van der Waals surface area (Å²) in [4.78, 5) is 21.7. The maximum atomic E-state index is 11.1. The molecule has 0 aliphatic rings. The van der Waals surface area contributed by atoms with Gasteiger partial charge in [0.15, 0.2) is 0 Å². The zero-order valence-corrected chi connectivity index (χ0v) is 8.25. The van der Waals surface area contributed by atoms with Gasteiger partial charge in [-0.1, -0.05) is 13.0 Å². The van der Waals surface area contributed by atoms with Crippen LogP contribution in [0.1, 0.15) is 13.3 Å². The Hall–Kier alpha value is -1.36. The lowest BCUT2D eigenvalue weighted by Crippen LogP contribution is -2.44. The smallest absolute Gasteiger partial charge is 0.326 e. The molecule has 0 saturated carbocycles. The molecule has 0 bridgehead atoms. The monoisotopic (exact) mass is 200 g/mol.